The Morgan fingerprint density at radius 2 is 1.61 bits per heavy atom. The maximum atomic E-state index is 13.2. The van der Waals surface area contributed by atoms with E-state index in [1.54, 1.807) is 6.20 Å². The van der Waals surface area contributed by atoms with Crippen LogP contribution in [0.4, 0.5) is 5.69 Å². The van der Waals surface area contributed by atoms with E-state index in [0.29, 0.717) is 44.7 Å². The molecule has 3 aromatic rings. The summed E-state index contributed by atoms with van der Waals surface area (Å²) in [5.74, 6) is -2.60. The molecular weight excluding hydrogens is 486 g/mol. The van der Waals surface area contributed by atoms with Crippen LogP contribution in [-0.2, 0) is 25.6 Å². The highest BCUT2D eigenvalue weighted by atomic mass is 16.2. The number of aromatic nitrogens is 1. The zero-order valence-corrected chi connectivity index (χ0v) is 21.4. The van der Waals surface area contributed by atoms with Crippen molar-refractivity contribution >= 4 is 40.2 Å². The Kier molecular flexibility index (Phi) is 10.7. The molecule has 11 heteroatoms. The Hall–Kier alpha value is -4.35. The summed E-state index contributed by atoms with van der Waals surface area (Å²) in [5, 5.41) is 8.83. The molecule has 10 N–H and O–H groups in total. The van der Waals surface area contributed by atoms with Crippen molar-refractivity contribution in [3.05, 3.63) is 72.4 Å². The summed E-state index contributed by atoms with van der Waals surface area (Å²) in [4.78, 5) is 55.1. The number of hydrogen-bond acceptors (Lipinski definition) is 4. The maximum absolute atomic E-state index is 13.2. The van der Waals surface area contributed by atoms with E-state index in [0.717, 1.165) is 16.5 Å². The van der Waals surface area contributed by atoms with Gasteiger partial charge < -0.3 is 32.3 Å². The zero-order valence-electron chi connectivity index (χ0n) is 21.4. The molecule has 2 aromatic carbocycles. The van der Waals surface area contributed by atoms with Crippen LogP contribution >= 0.6 is 0 Å². The van der Waals surface area contributed by atoms with Crippen LogP contribution in [-0.4, -0.2) is 67.3 Å². The number of carbonyl (C=O) groups excluding carboxylic acids is 4. The monoisotopic (exact) mass is 522 g/mol. The predicted octanol–water partition coefficient (Wildman–Crippen LogP) is -1.86. The third kappa shape index (κ3) is 8.36. The van der Waals surface area contributed by atoms with Gasteiger partial charge in [-0.2, -0.15) is 0 Å². The van der Waals surface area contributed by atoms with Crippen molar-refractivity contribution < 1.29 is 35.6 Å². The van der Waals surface area contributed by atoms with Crippen LogP contribution in [0.2, 0.25) is 0 Å². The largest absolute Gasteiger partial charge is 0.356 e. The summed E-state index contributed by atoms with van der Waals surface area (Å²) >= 11 is 0. The minimum Gasteiger partial charge on any atom is -0.356 e. The Balaban J connectivity index is 1.64. The number of aromatic amines is 1. The second-order valence-electron chi connectivity index (χ2n) is 8.79. The number of carbonyl (C=O) groups is 4. The lowest BCUT2D eigenvalue weighted by Gasteiger charge is -2.20. The summed E-state index contributed by atoms with van der Waals surface area (Å²) in [6.45, 7) is 1.11. The number of benzene rings is 2. The average molecular weight is 523 g/mol. The van der Waals surface area contributed by atoms with Crippen LogP contribution in [0.3, 0.4) is 0 Å². The maximum Gasteiger partial charge on any atom is 0.312 e. The van der Waals surface area contributed by atoms with Gasteiger partial charge in [0.2, 0.25) is 17.3 Å². The molecule has 0 radical (unpaired) electrons. The molecule has 0 aliphatic heterocycles. The third-order valence-corrected chi connectivity index (χ3v) is 5.89. The van der Waals surface area contributed by atoms with Gasteiger partial charge in [0.1, 0.15) is 11.7 Å². The molecule has 0 unspecified atom stereocenters. The Morgan fingerprint density at radius 3 is 2.32 bits per heavy atom. The molecule has 0 aliphatic rings. The van der Waals surface area contributed by atoms with E-state index in [-0.39, 0.29) is 0 Å². The van der Waals surface area contributed by atoms with E-state index in [1.165, 1.54) is 4.90 Å². The summed E-state index contributed by atoms with van der Waals surface area (Å²) < 4.78 is 0. The first-order valence-corrected chi connectivity index (χ1v) is 12.6. The van der Waals surface area contributed by atoms with Gasteiger partial charge in [0.25, 0.3) is 0 Å². The SMILES string of the molecule is [NH3+]CCN(CC[NH3+])C(=O)C(=O)NCC(=O)N[C@@H](CCc1ccccc1)C(=O)Nc1c[nH+]c2ccccc2c1. The normalized spacial score (nSPS) is 11.4. The van der Waals surface area contributed by atoms with Gasteiger partial charge in [-0.15, -0.1) is 0 Å². The molecular formula is C27H36N7O4+3. The lowest BCUT2D eigenvalue weighted by Crippen LogP contribution is -2.61. The van der Waals surface area contributed by atoms with Crippen LogP contribution in [0, 0.1) is 0 Å². The minimum absolute atomic E-state index is 0.321. The van der Waals surface area contributed by atoms with Crippen LogP contribution < -0.4 is 32.4 Å². The molecule has 1 heterocycles. The number of nitrogens with zero attached hydrogens (tertiary/aromatic N) is 1. The number of quaternary nitrogens is 2. The summed E-state index contributed by atoms with van der Waals surface area (Å²) in [7, 11) is 0. The third-order valence-electron chi connectivity index (χ3n) is 5.89. The first-order valence-electron chi connectivity index (χ1n) is 12.6. The molecule has 0 saturated carbocycles. The summed E-state index contributed by atoms with van der Waals surface area (Å²) in [5.41, 5.74) is 9.92. The fourth-order valence-electron chi connectivity index (χ4n) is 3.97. The van der Waals surface area contributed by atoms with Gasteiger partial charge in [-0.25, -0.2) is 4.98 Å². The highest BCUT2D eigenvalue weighted by Gasteiger charge is 2.25. The fourth-order valence-corrected chi connectivity index (χ4v) is 3.97. The Morgan fingerprint density at radius 1 is 0.921 bits per heavy atom. The topological polar surface area (TPSA) is 177 Å². The van der Waals surface area contributed by atoms with Crippen molar-refractivity contribution in [3.8, 4) is 0 Å². The molecule has 0 spiro atoms. The van der Waals surface area contributed by atoms with E-state index in [4.69, 9.17) is 0 Å². The molecule has 0 fully saturated rings. The number of pyridine rings is 1. The summed E-state index contributed by atoms with van der Waals surface area (Å²) in [6, 6.07) is 18.3. The van der Waals surface area contributed by atoms with E-state index in [9.17, 15) is 19.2 Å². The fraction of sp³-hybridized carbons (Fsp3) is 0.296. The number of fused-ring (bicyclic) bond motifs is 1. The number of hydrogen-bond donors (Lipinski definition) is 5. The number of aryl methyl sites for hydroxylation is 1. The van der Waals surface area contributed by atoms with Gasteiger partial charge >= 0.3 is 11.8 Å². The standard InChI is InChI=1S/C27H33N7O4/c28-12-14-34(15-13-29)27(38)26(37)31-18-24(35)33-23(11-10-19-6-2-1-3-7-19)25(36)32-21-16-20-8-4-5-9-22(20)30-17-21/h1-9,16-17,23H,10-15,18,28-29H2,(H,31,37)(H,32,36)(H,33,35)/p+3/t23-/m0/s1. The second-order valence-corrected chi connectivity index (χ2v) is 8.79. The van der Waals surface area contributed by atoms with Crippen LogP contribution in [0.1, 0.15) is 12.0 Å². The Labute approximate surface area is 221 Å². The van der Waals surface area contributed by atoms with E-state index >= 15 is 0 Å². The molecule has 11 nitrogen and oxygen atoms in total. The number of amides is 4. The first kappa shape index (κ1) is 28.2. The minimum atomic E-state index is -0.890. The van der Waals surface area contributed by atoms with Crippen molar-refractivity contribution in [1.29, 1.82) is 0 Å². The van der Waals surface area contributed by atoms with E-state index < -0.39 is 36.2 Å². The quantitative estimate of drug-likeness (QED) is 0.175. The highest BCUT2D eigenvalue weighted by molar-refractivity contribution is 6.35. The van der Waals surface area contributed by atoms with Gasteiger partial charge in [-0.1, -0.05) is 42.5 Å². The number of anilines is 1. The molecule has 38 heavy (non-hydrogen) atoms. The van der Waals surface area contributed by atoms with Crippen molar-refractivity contribution in [2.45, 2.75) is 18.9 Å². The van der Waals surface area contributed by atoms with Gasteiger partial charge in [-0.3, -0.25) is 19.2 Å². The Bertz CT molecular complexity index is 1250. The van der Waals surface area contributed by atoms with Gasteiger partial charge in [0.15, 0.2) is 6.20 Å². The molecule has 1 aromatic heterocycles. The zero-order chi connectivity index (χ0) is 27.3. The molecule has 0 bridgehead atoms. The molecule has 1 atom stereocenters. The van der Waals surface area contributed by atoms with Gasteiger partial charge in [0, 0.05) is 11.5 Å². The van der Waals surface area contributed by atoms with Crippen LogP contribution in [0.15, 0.2) is 66.9 Å². The van der Waals surface area contributed by atoms with Crippen LogP contribution in [0.5, 0.6) is 0 Å². The van der Waals surface area contributed by atoms with Crippen LogP contribution in [0.25, 0.3) is 10.9 Å². The molecule has 4 amide bonds. The van der Waals surface area contributed by atoms with Crippen molar-refractivity contribution in [2.75, 3.05) is 38.0 Å². The molecule has 0 saturated heterocycles. The number of para-hydroxylation sites is 1. The lowest BCUT2D eigenvalue weighted by atomic mass is 10.0. The van der Waals surface area contributed by atoms with E-state index in [1.807, 2.05) is 60.7 Å². The smallest absolute Gasteiger partial charge is 0.312 e. The van der Waals surface area contributed by atoms with Crippen molar-refractivity contribution in [3.63, 3.8) is 0 Å². The second kappa shape index (κ2) is 14.4. The molecule has 0 aliphatic carbocycles. The van der Waals surface area contributed by atoms with Gasteiger partial charge in [-0.05, 0) is 30.5 Å². The van der Waals surface area contributed by atoms with Gasteiger partial charge in [0.05, 0.1) is 32.7 Å². The molecule has 200 valence electrons. The average Bonchev–Trinajstić information content (AvgIpc) is 2.93. The molecule has 3 rings (SSSR count). The first-order chi connectivity index (χ1) is 18.4. The predicted molar refractivity (Wildman–Crippen MR) is 141 cm³/mol. The summed E-state index contributed by atoms with van der Waals surface area (Å²) in [6.07, 6.45) is 2.58. The number of nitrogens with one attached hydrogen (secondary N) is 4. The number of H-pyrrole nitrogens is 1. The number of rotatable bonds is 12. The lowest BCUT2D eigenvalue weighted by molar-refractivity contribution is -0.376. The van der Waals surface area contributed by atoms with E-state index in [2.05, 4.69) is 32.4 Å². The van der Waals surface area contributed by atoms with Crippen molar-refractivity contribution in [2.24, 2.45) is 0 Å². The van der Waals surface area contributed by atoms with Crippen molar-refractivity contribution in [1.82, 2.24) is 15.5 Å². The highest BCUT2D eigenvalue weighted by Crippen LogP contribution is 2.14.